The second kappa shape index (κ2) is 6.86. The van der Waals surface area contributed by atoms with Gasteiger partial charge in [-0.05, 0) is 43.5 Å². The summed E-state index contributed by atoms with van der Waals surface area (Å²) in [7, 11) is 1.85. The molecule has 0 unspecified atom stereocenters. The lowest BCUT2D eigenvalue weighted by Crippen LogP contribution is -2.38. The molecule has 2 aromatic carbocycles. The van der Waals surface area contributed by atoms with E-state index in [-0.39, 0.29) is 11.3 Å². The smallest absolute Gasteiger partial charge is 0.233 e. The summed E-state index contributed by atoms with van der Waals surface area (Å²) in [4.78, 5) is 14.7. The Morgan fingerprint density at radius 3 is 2.62 bits per heavy atom. The van der Waals surface area contributed by atoms with Gasteiger partial charge in [-0.25, -0.2) is 0 Å². The summed E-state index contributed by atoms with van der Waals surface area (Å²) in [5.74, 6) is 0.908. The minimum Gasteiger partial charge on any atom is -0.492 e. The van der Waals surface area contributed by atoms with E-state index in [0.29, 0.717) is 18.2 Å². The van der Waals surface area contributed by atoms with Gasteiger partial charge in [-0.1, -0.05) is 47.5 Å². The van der Waals surface area contributed by atoms with E-state index < -0.39 is 0 Å². The molecule has 2 aromatic rings. The molecule has 0 aliphatic heterocycles. The van der Waals surface area contributed by atoms with Gasteiger partial charge in [0.05, 0.1) is 12.0 Å². The number of rotatable bonds is 6. The highest BCUT2D eigenvalue weighted by Gasteiger charge is 2.52. The van der Waals surface area contributed by atoms with Crippen LogP contribution in [0.1, 0.15) is 24.0 Å². The van der Waals surface area contributed by atoms with E-state index in [4.69, 9.17) is 16.3 Å². The Morgan fingerprint density at radius 1 is 1.21 bits per heavy atom. The van der Waals surface area contributed by atoms with Crippen LogP contribution in [0, 0.1) is 6.92 Å². The van der Waals surface area contributed by atoms with Crippen LogP contribution in [0.3, 0.4) is 0 Å². The Hall–Kier alpha value is -2.00. The number of amides is 1. The highest BCUT2D eigenvalue weighted by Crippen LogP contribution is 2.49. The van der Waals surface area contributed by atoms with Crippen LogP contribution in [0.2, 0.25) is 5.02 Å². The minimum absolute atomic E-state index is 0.183. The largest absolute Gasteiger partial charge is 0.492 e. The van der Waals surface area contributed by atoms with Gasteiger partial charge in [-0.2, -0.15) is 0 Å². The quantitative estimate of drug-likeness (QED) is 0.786. The van der Waals surface area contributed by atoms with E-state index in [1.165, 1.54) is 5.56 Å². The number of halogens is 1. The van der Waals surface area contributed by atoms with Crippen LogP contribution in [0.4, 0.5) is 0 Å². The molecule has 1 aliphatic carbocycles. The molecule has 1 fully saturated rings. The monoisotopic (exact) mass is 343 g/mol. The Labute approximate surface area is 148 Å². The number of likely N-dealkylation sites (N-methyl/N-ethyl adjacent to an activating group) is 1. The summed E-state index contributed by atoms with van der Waals surface area (Å²) < 4.78 is 5.69. The number of carbonyl (C=O) groups excluding carboxylic acids is 1. The maximum absolute atomic E-state index is 12.9. The van der Waals surface area contributed by atoms with Gasteiger partial charge in [0.15, 0.2) is 0 Å². The Bertz CT molecular complexity index is 740. The van der Waals surface area contributed by atoms with Gasteiger partial charge in [-0.3, -0.25) is 4.79 Å². The zero-order valence-corrected chi connectivity index (χ0v) is 14.8. The molecule has 1 amide bonds. The van der Waals surface area contributed by atoms with E-state index in [1.54, 1.807) is 11.0 Å². The van der Waals surface area contributed by atoms with Crippen molar-refractivity contribution in [2.24, 2.45) is 0 Å². The van der Waals surface area contributed by atoms with Crippen molar-refractivity contribution >= 4 is 17.5 Å². The summed E-state index contributed by atoms with van der Waals surface area (Å²) in [6.07, 6.45) is 1.85. The summed E-state index contributed by atoms with van der Waals surface area (Å²) in [6, 6.07) is 15.6. The van der Waals surface area contributed by atoms with Crippen LogP contribution >= 0.6 is 11.6 Å². The predicted octanol–water partition coefficient (Wildman–Crippen LogP) is 4.22. The minimum atomic E-state index is -0.323. The van der Waals surface area contributed by atoms with Gasteiger partial charge in [-0.15, -0.1) is 0 Å². The number of hydrogen-bond acceptors (Lipinski definition) is 2. The molecule has 3 rings (SSSR count). The average molecular weight is 344 g/mol. The zero-order valence-electron chi connectivity index (χ0n) is 14.1. The van der Waals surface area contributed by atoms with Gasteiger partial charge in [0.1, 0.15) is 12.4 Å². The van der Waals surface area contributed by atoms with Gasteiger partial charge in [0.25, 0.3) is 0 Å². The van der Waals surface area contributed by atoms with Crippen molar-refractivity contribution < 1.29 is 9.53 Å². The molecule has 1 aliphatic rings. The Morgan fingerprint density at radius 2 is 1.96 bits per heavy atom. The fourth-order valence-corrected chi connectivity index (χ4v) is 3.20. The zero-order chi connectivity index (χ0) is 17.2. The summed E-state index contributed by atoms with van der Waals surface area (Å²) in [5, 5.41) is 0.647. The van der Waals surface area contributed by atoms with E-state index in [9.17, 15) is 4.79 Å². The van der Waals surface area contributed by atoms with Crippen molar-refractivity contribution in [2.75, 3.05) is 20.2 Å². The second-order valence-corrected chi connectivity index (χ2v) is 6.92. The number of benzene rings is 2. The number of nitrogens with zero attached hydrogens (tertiary/aromatic N) is 1. The molecule has 0 heterocycles. The van der Waals surface area contributed by atoms with Crippen molar-refractivity contribution in [3.63, 3.8) is 0 Å². The van der Waals surface area contributed by atoms with Crippen molar-refractivity contribution in [2.45, 2.75) is 25.2 Å². The number of aryl methyl sites for hydroxylation is 1. The fraction of sp³-hybridized carbons (Fsp3) is 0.350. The second-order valence-electron chi connectivity index (χ2n) is 6.48. The molecule has 0 saturated heterocycles. The van der Waals surface area contributed by atoms with Crippen molar-refractivity contribution in [1.82, 2.24) is 4.90 Å². The van der Waals surface area contributed by atoms with Gasteiger partial charge < -0.3 is 9.64 Å². The lowest BCUT2D eigenvalue weighted by molar-refractivity contribution is -0.133. The molecular weight excluding hydrogens is 322 g/mol. The van der Waals surface area contributed by atoms with Crippen LogP contribution in [-0.2, 0) is 10.2 Å². The third-order valence-electron chi connectivity index (χ3n) is 4.57. The fourth-order valence-electron chi connectivity index (χ4n) is 3.02. The topological polar surface area (TPSA) is 29.5 Å². The molecule has 3 nitrogen and oxygen atoms in total. The summed E-state index contributed by atoms with van der Waals surface area (Å²) >= 11 is 5.94. The number of ether oxygens (including phenoxy) is 1. The Kier molecular flexibility index (Phi) is 4.81. The molecule has 0 bridgehead atoms. The molecule has 4 heteroatoms. The number of hydrogen-bond donors (Lipinski definition) is 0. The first kappa shape index (κ1) is 16.8. The maximum atomic E-state index is 12.9. The SMILES string of the molecule is Cc1cccc(C2(C(=O)N(C)CCOc3cccc(Cl)c3)CC2)c1. The number of carbonyl (C=O) groups is 1. The van der Waals surface area contributed by atoms with E-state index in [0.717, 1.165) is 24.2 Å². The Balaban J connectivity index is 1.59. The third-order valence-corrected chi connectivity index (χ3v) is 4.80. The molecule has 0 spiro atoms. The van der Waals surface area contributed by atoms with E-state index in [2.05, 4.69) is 25.1 Å². The highest BCUT2D eigenvalue weighted by molar-refractivity contribution is 6.30. The maximum Gasteiger partial charge on any atom is 0.233 e. The summed E-state index contributed by atoms with van der Waals surface area (Å²) in [5.41, 5.74) is 2.00. The van der Waals surface area contributed by atoms with Crippen molar-refractivity contribution in [1.29, 1.82) is 0 Å². The van der Waals surface area contributed by atoms with E-state index >= 15 is 0 Å². The van der Waals surface area contributed by atoms with Crippen LogP contribution in [-0.4, -0.2) is 31.0 Å². The van der Waals surface area contributed by atoms with E-state index in [1.807, 2.05) is 31.3 Å². The molecule has 1 saturated carbocycles. The molecule has 0 N–H and O–H groups in total. The molecule has 24 heavy (non-hydrogen) atoms. The van der Waals surface area contributed by atoms with Crippen LogP contribution in [0.25, 0.3) is 0 Å². The standard InChI is InChI=1S/C20H22ClNO2/c1-15-5-3-6-16(13-15)20(9-10-20)19(23)22(2)11-12-24-18-8-4-7-17(21)14-18/h3-8,13-14H,9-12H2,1-2H3. The van der Waals surface area contributed by atoms with Crippen LogP contribution in [0.5, 0.6) is 5.75 Å². The molecule has 0 atom stereocenters. The lowest BCUT2D eigenvalue weighted by Gasteiger charge is -2.24. The predicted molar refractivity (Wildman–Crippen MR) is 96.7 cm³/mol. The van der Waals surface area contributed by atoms with Gasteiger partial charge in [0, 0.05) is 12.1 Å². The molecule has 126 valence electrons. The first-order valence-corrected chi connectivity index (χ1v) is 8.60. The first-order valence-electron chi connectivity index (χ1n) is 8.22. The van der Waals surface area contributed by atoms with Gasteiger partial charge >= 0.3 is 0 Å². The highest BCUT2D eigenvalue weighted by atomic mass is 35.5. The summed E-state index contributed by atoms with van der Waals surface area (Å²) in [6.45, 7) is 3.07. The first-order chi connectivity index (χ1) is 11.5. The van der Waals surface area contributed by atoms with Crippen molar-refractivity contribution in [3.05, 3.63) is 64.7 Å². The molecular formula is C20H22ClNO2. The van der Waals surface area contributed by atoms with Crippen LogP contribution in [0.15, 0.2) is 48.5 Å². The van der Waals surface area contributed by atoms with Crippen LogP contribution < -0.4 is 4.74 Å². The normalized spacial score (nSPS) is 15.0. The van der Waals surface area contributed by atoms with Gasteiger partial charge in [0.2, 0.25) is 5.91 Å². The molecule has 0 aromatic heterocycles. The van der Waals surface area contributed by atoms with Crippen molar-refractivity contribution in [3.8, 4) is 5.75 Å². The third kappa shape index (κ3) is 3.57. The molecule has 0 radical (unpaired) electrons. The lowest BCUT2D eigenvalue weighted by atomic mass is 9.93. The average Bonchev–Trinajstić information content (AvgIpc) is 3.36.